The summed E-state index contributed by atoms with van der Waals surface area (Å²) < 4.78 is 21.6. The second-order valence-corrected chi connectivity index (χ2v) is 6.48. The van der Waals surface area contributed by atoms with Crippen molar-refractivity contribution < 1.29 is 8.42 Å². The van der Waals surface area contributed by atoms with Crippen LogP contribution < -0.4 is 5.32 Å². The Balaban J connectivity index is 2.23. The Morgan fingerprint density at radius 1 is 1.43 bits per heavy atom. The Hall–Kier alpha value is -0.690. The van der Waals surface area contributed by atoms with Crippen LogP contribution in [0, 0.1) is 6.92 Å². The predicted molar refractivity (Wildman–Crippen MR) is 57.5 cm³/mol. The van der Waals surface area contributed by atoms with Crippen LogP contribution in [-0.4, -0.2) is 37.2 Å². The van der Waals surface area contributed by atoms with E-state index in [0.717, 1.165) is 10.1 Å². The third kappa shape index (κ3) is 4.52. The van der Waals surface area contributed by atoms with Crippen molar-refractivity contribution >= 4 is 26.3 Å². The largest absolute Gasteiger partial charge is 0.360 e. The summed E-state index contributed by atoms with van der Waals surface area (Å²) in [7, 11) is -2.85. The van der Waals surface area contributed by atoms with E-state index in [4.69, 9.17) is 0 Å². The summed E-state index contributed by atoms with van der Waals surface area (Å²) in [6, 6.07) is 0. The fourth-order valence-corrected chi connectivity index (χ4v) is 2.18. The highest BCUT2D eigenvalue weighted by Gasteiger charge is 2.02. The van der Waals surface area contributed by atoms with Gasteiger partial charge < -0.3 is 5.32 Å². The highest BCUT2D eigenvalue weighted by atomic mass is 32.2. The summed E-state index contributed by atoms with van der Waals surface area (Å²) in [4.78, 5) is 0. The van der Waals surface area contributed by atoms with Crippen LogP contribution in [0.5, 0.6) is 0 Å². The minimum Gasteiger partial charge on any atom is -0.360 e. The number of aryl methyl sites for hydroxylation is 1. The van der Waals surface area contributed by atoms with Gasteiger partial charge in [-0.25, -0.2) is 8.42 Å². The first kappa shape index (κ1) is 11.4. The SMILES string of the molecule is Cc1nnc(NCCCS(C)(=O)=O)s1. The van der Waals surface area contributed by atoms with Gasteiger partial charge in [-0.05, 0) is 13.3 Å². The first-order valence-corrected chi connectivity index (χ1v) is 7.07. The van der Waals surface area contributed by atoms with Crippen molar-refractivity contribution in [1.29, 1.82) is 0 Å². The van der Waals surface area contributed by atoms with E-state index < -0.39 is 9.84 Å². The molecule has 80 valence electrons. The molecular weight excluding hydrogens is 222 g/mol. The van der Waals surface area contributed by atoms with E-state index in [-0.39, 0.29) is 5.75 Å². The maximum absolute atomic E-state index is 10.8. The molecule has 0 amide bonds. The van der Waals surface area contributed by atoms with E-state index in [0.29, 0.717) is 13.0 Å². The number of hydrogen-bond acceptors (Lipinski definition) is 6. The van der Waals surface area contributed by atoms with Crippen molar-refractivity contribution in [3.8, 4) is 0 Å². The number of rotatable bonds is 5. The monoisotopic (exact) mass is 235 g/mol. The number of nitrogens with one attached hydrogen (secondary N) is 1. The maximum atomic E-state index is 10.8. The quantitative estimate of drug-likeness (QED) is 0.760. The van der Waals surface area contributed by atoms with Gasteiger partial charge in [-0.3, -0.25) is 0 Å². The Morgan fingerprint density at radius 2 is 2.14 bits per heavy atom. The molecule has 1 aromatic heterocycles. The van der Waals surface area contributed by atoms with Gasteiger partial charge in [-0.1, -0.05) is 11.3 Å². The molecule has 0 aliphatic rings. The van der Waals surface area contributed by atoms with Crippen molar-refractivity contribution in [2.24, 2.45) is 0 Å². The summed E-state index contributed by atoms with van der Waals surface area (Å²) in [6.07, 6.45) is 1.83. The number of hydrogen-bond donors (Lipinski definition) is 1. The highest BCUT2D eigenvalue weighted by molar-refractivity contribution is 7.90. The number of anilines is 1. The van der Waals surface area contributed by atoms with Crippen molar-refractivity contribution in [3.63, 3.8) is 0 Å². The average Bonchev–Trinajstić information content (AvgIpc) is 2.44. The molecule has 0 atom stereocenters. The third-order valence-electron chi connectivity index (χ3n) is 1.49. The van der Waals surface area contributed by atoms with Crippen molar-refractivity contribution in [3.05, 3.63) is 5.01 Å². The number of nitrogens with zero attached hydrogens (tertiary/aromatic N) is 2. The normalized spacial score (nSPS) is 11.6. The topological polar surface area (TPSA) is 72.0 Å². The molecule has 14 heavy (non-hydrogen) atoms. The van der Waals surface area contributed by atoms with Gasteiger partial charge >= 0.3 is 0 Å². The molecule has 0 radical (unpaired) electrons. The number of aromatic nitrogens is 2. The van der Waals surface area contributed by atoms with Gasteiger partial charge in [-0.15, -0.1) is 10.2 Å². The van der Waals surface area contributed by atoms with Crippen LogP contribution in [0.1, 0.15) is 11.4 Å². The first-order chi connectivity index (χ1) is 6.47. The summed E-state index contributed by atoms with van der Waals surface area (Å²) in [5.41, 5.74) is 0. The van der Waals surface area contributed by atoms with Crippen LogP contribution >= 0.6 is 11.3 Å². The fraction of sp³-hybridized carbons (Fsp3) is 0.714. The molecule has 1 rings (SSSR count). The minimum absolute atomic E-state index is 0.206. The van der Waals surface area contributed by atoms with E-state index in [1.165, 1.54) is 17.6 Å². The van der Waals surface area contributed by atoms with E-state index in [1.54, 1.807) is 0 Å². The van der Waals surface area contributed by atoms with Gasteiger partial charge in [0, 0.05) is 12.8 Å². The second-order valence-electron chi connectivity index (χ2n) is 3.04. The third-order valence-corrected chi connectivity index (χ3v) is 3.32. The molecule has 0 bridgehead atoms. The molecule has 0 aliphatic heterocycles. The zero-order valence-corrected chi connectivity index (χ0v) is 9.78. The van der Waals surface area contributed by atoms with Crippen LogP contribution in [0.4, 0.5) is 5.13 Å². The average molecular weight is 235 g/mol. The lowest BCUT2D eigenvalue weighted by Crippen LogP contribution is -2.09. The lowest BCUT2D eigenvalue weighted by molar-refractivity contribution is 0.600. The molecule has 1 heterocycles. The molecule has 1 aromatic rings. The molecule has 0 saturated carbocycles. The number of sulfone groups is 1. The molecule has 7 heteroatoms. The lowest BCUT2D eigenvalue weighted by atomic mass is 10.5. The second kappa shape index (κ2) is 4.70. The van der Waals surface area contributed by atoms with Crippen molar-refractivity contribution in [1.82, 2.24) is 10.2 Å². The standard InChI is InChI=1S/C7H13N3O2S2/c1-6-9-10-7(13-6)8-4-3-5-14(2,11)12/h3-5H2,1-2H3,(H,8,10). The summed E-state index contributed by atoms with van der Waals surface area (Å²) in [6.45, 7) is 2.49. The fourth-order valence-electron chi connectivity index (χ4n) is 0.898. The zero-order chi connectivity index (χ0) is 10.6. The smallest absolute Gasteiger partial charge is 0.205 e. The zero-order valence-electron chi connectivity index (χ0n) is 8.15. The minimum atomic E-state index is -2.85. The van der Waals surface area contributed by atoms with Gasteiger partial charge in [0.25, 0.3) is 0 Å². The summed E-state index contributed by atoms with van der Waals surface area (Å²) in [5, 5.41) is 12.4. The summed E-state index contributed by atoms with van der Waals surface area (Å²) >= 11 is 1.46. The molecular formula is C7H13N3O2S2. The van der Waals surface area contributed by atoms with Crippen LogP contribution in [0.3, 0.4) is 0 Å². The van der Waals surface area contributed by atoms with Crippen LogP contribution in [0.25, 0.3) is 0 Å². The maximum Gasteiger partial charge on any atom is 0.205 e. The lowest BCUT2D eigenvalue weighted by Gasteiger charge is -2.00. The van der Waals surface area contributed by atoms with Crippen LogP contribution in [0.15, 0.2) is 0 Å². The van der Waals surface area contributed by atoms with Gasteiger partial charge in [0.2, 0.25) is 5.13 Å². The van der Waals surface area contributed by atoms with E-state index in [2.05, 4.69) is 15.5 Å². The molecule has 5 nitrogen and oxygen atoms in total. The molecule has 0 fully saturated rings. The van der Waals surface area contributed by atoms with Crippen molar-refractivity contribution in [2.75, 3.05) is 23.9 Å². The van der Waals surface area contributed by atoms with E-state index >= 15 is 0 Å². The van der Waals surface area contributed by atoms with Crippen LogP contribution in [0.2, 0.25) is 0 Å². The molecule has 0 saturated heterocycles. The van der Waals surface area contributed by atoms with Crippen LogP contribution in [-0.2, 0) is 9.84 Å². The van der Waals surface area contributed by atoms with Gasteiger partial charge in [-0.2, -0.15) is 0 Å². The predicted octanol–water partition coefficient (Wildman–Crippen LogP) is 0.693. The first-order valence-electron chi connectivity index (χ1n) is 4.19. The Morgan fingerprint density at radius 3 is 2.64 bits per heavy atom. The molecule has 1 N–H and O–H groups in total. The Bertz CT molecular complexity index is 385. The van der Waals surface area contributed by atoms with Gasteiger partial charge in [0.05, 0.1) is 5.75 Å². The van der Waals surface area contributed by atoms with Gasteiger partial charge in [0.1, 0.15) is 14.8 Å². The molecule has 0 aliphatic carbocycles. The Labute approximate surface area is 87.5 Å². The highest BCUT2D eigenvalue weighted by Crippen LogP contribution is 2.13. The molecule has 0 unspecified atom stereocenters. The molecule has 0 aromatic carbocycles. The van der Waals surface area contributed by atoms with Gasteiger partial charge in [0.15, 0.2) is 0 Å². The molecule has 0 spiro atoms. The Kier molecular flexibility index (Phi) is 3.82. The van der Waals surface area contributed by atoms with Crippen molar-refractivity contribution in [2.45, 2.75) is 13.3 Å². The van der Waals surface area contributed by atoms with E-state index in [1.807, 2.05) is 6.92 Å². The van der Waals surface area contributed by atoms with E-state index in [9.17, 15) is 8.42 Å². The summed E-state index contributed by atoms with van der Waals surface area (Å²) in [5.74, 6) is 0.206.